The lowest BCUT2D eigenvalue weighted by Gasteiger charge is -2.39. The summed E-state index contributed by atoms with van der Waals surface area (Å²) in [6.07, 6.45) is -5.81. The molecule has 236 valence electrons. The first kappa shape index (κ1) is 30.1. The molecular weight excluding hydrogens is 591 g/mol. The van der Waals surface area contributed by atoms with E-state index in [4.69, 9.17) is 13.9 Å². The van der Waals surface area contributed by atoms with Gasteiger partial charge in [0.1, 0.15) is 24.2 Å². The third-order valence-corrected chi connectivity index (χ3v) is 8.53. The summed E-state index contributed by atoms with van der Waals surface area (Å²) in [5.41, 5.74) is 2.00. The second-order valence-corrected chi connectivity index (χ2v) is 11.6. The number of benzene rings is 2. The molecule has 1 aliphatic carbocycles. The second kappa shape index (κ2) is 11.9. The monoisotopic (exact) mass is 622 g/mol. The number of alkyl halides is 5. The summed E-state index contributed by atoms with van der Waals surface area (Å²) < 4.78 is 84.9. The zero-order chi connectivity index (χ0) is 31.1. The van der Waals surface area contributed by atoms with Gasteiger partial charge in [0.25, 0.3) is 0 Å². The molecule has 0 unspecified atom stereocenters. The van der Waals surface area contributed by atoms with Gasteiger partial charge in [-0.15, -0.1) is 0 Å². The molecule has 2 saturated heterocycles. The van der Waals surface area contributed by atoms with Gasteiger partial charge in [0, 0.05) is 18.8 Å². The van der Waals surface area contributed by atoms with E-state index in [1.807, 2.05) is 23.5 Å². The van der Waals surface area contributed by atoms with Gasteiger partial charge < -0.3 is 29.4 Å². The molecule has 3 amide bonds. The van der Waals surface area contributed by atoms with Gasteiger partial charge in [-0.3, -0.25) is 0 Å². The molecule has 14 heteroatoms. The highest BCUT2D eigenvalue weighted by Crippen LogP contribution is 2.43. The standard InChI is InChI=1S/C30H31F5N4O5/c31-29(32)10-8-18(9-11-29)24(38-28(41)43-14-17-4-2-1-3-5-17)26-36-21-12-19(6-7-22(21)44-26)25(20-15-42-16-20)39-13-23(30(33,34)35)37-27(39)40/h1-7,12,18,20,23-25H,8-11,13-16H2,(H,37,40)(H,38,41)/t23-,24-,25+/m0/s1. The summed E-state index contributed by atoms with van der Waals surface area (Å²) in [5.74, 6) is -3.32. The Kier molecular flexibility index (Phi) is 8.12. The summed E-state index contributed by atoms with van der Waals surface area (Å²) in [5, 5.41) is 4.77. The fraction of sp³-hybridized carbons (Fsp3) is 0.500. The number of alkyl carbamates (subject to hydrolysis) is 1. The van der Waals surface area contributed by atoms with Crippen LogP contribution in [-0.4, -0.2) is 59.9 Å². The van der Waals surface area contributed by atoms with Crippen LogP contribution in [0, 0.1) is 11.8 Å². The Morgan fingerprint density at radius 3 is 2.48 bits per heavy atom. The van der Waals surface area contributed by atoms with Crippen molar-refractivity contribution in [1.82, 2.24) is 20.5 Å². The van der Waals surface area contributed by atoms with Gasteiger partial charge in [0.15, 0.2) is 5.58 Å². The molecule has 1 saturated carbocycles. The molecule has 6 rings (SSSR count). The number of hydrogen-bond donors (Lipinski definition) is 2. The summed E-state index contributed by atoms with van der Waals surface area (Å²) in [4.78, 5) is 31.2. The first-order chi connectivity index (χ1) is 21.0. The lowest BCUT2D eigenvalue weighted by Crippen LogP contribution is -2.44. The molecule has 0 radical (unpaired) electrons. The molecule has 1 aromatic heterocycles. The van der Waals surface area contributed by atoms with E-state index in [0.717, 1.165) is 5.56 Å². The Bertz CT molecular complexity index is 1490. The van der Waals surface area contributed by atoms with Crippen LogP contribution in [0.2, 0.25) is 0 Å². The molecule has 3 heterocycles. The van der Waals surface area contributed by atoms with Crippen molar-refractivity contribution in [2.45, 2.75) is 62.5 Å². The normalized spacial score (nSPS) is 22.3. The van der Waals surface area contributed by atoms with Crippen molar-refractivity contribution in [3.05, 3.63) is 65.5 Å². The molecule has 3 aliphatic rings. The minimum atomic E-state index is -4.59. The van der Waals surface area contributed by atoms with Crippen LogP contribution in [0.1, 0.15) is 54.8 Å². The van der Waals surface area contributed by atoms with Crippen LogP contribution in [0.3, 0.4) is 0 Å². The van der Waals surface area contributed by atoms with Gasteiger partial charge in [-0.1, -0.05) is 36.4 Å². The Labute approximate surface area is 249 Å². The topological polar surface area (TPSA) is 106 Å². The van der Waals surface area contributed by atoms with E-state index >= 15 is 0 Å². The number of oxazole rings is 1. The molecule has 9 nitrogen and oxygen atoms in total. The molecule has 3 atom stereocenters. The van der Waals surface area contributed by atoms with Crippen LogP contribution in [0.15, 0.2) is 52.9 Å². The number of fused-ring (bicyclic) bond motifs is 1. The average molecular weight is 623 g/mol. The largest absolute Gasteiger partial charge is 0.445 e. The minimum absolute atomic E-state index is 0.00456. The molecule has 2 aliphatic heterocycles. The van der Waals surface area contributed by atoms with Crippen molar-refractivity contribution >= 4 is 23.2 Å². The highest BCUT2D eigenvalue weighted by Gasteiger charge is 2.50. The summed E-state index contributed by atoms with van der Waals surface area (Å²) >= 11 is 0. The van der Waals surface area contributed by atoms with E-state index < -0.39 is 54.8 Å². The Hall–Kier alpha value is -3.94. The van der Waals surface area contributed by atoms with E-state index in [-0.39, 0.29) is 57.3 Å². The van der Waals surface area contributed by atoms with Crippen molar-refractivity contribution < 1.29 is 45.4 Å². The van der Waals surface area contributed by atoms with Crippen LogP contribution in [-0.2, 0) is 16.1 Å². The lowest BCUT2D eigenvalue weighted by molar-refractivity contribution is -0.151. The number of ether oxygens (including phenoxy) is 2. The molecule has 2 aromatic carbocycles. The predicted octanol–water partition coefficient (Wildman–Crippen LogP) is 6.26. The number of carbonyl (C=O) groups is 2. The highest BCUT2D eigenvalue weighted by atomic mass is 19.4. The number of rotatable bonds is 8. The van der Waals surface area contributed by atoms with Crippen molar-refractivity contribution in [3.8, 4) is 0 Å². The maximum atomic E-state index is 14.0. The van der Waals surface area contributed by atoms with Crippen LogP contribution in [0.5, 0.6) is 0 Å². The van der Waals surface area contributed by atoms with Gasteiger partial charge >= 0.3 is 18.3 Å². The zero-order valence-corrected chi connectivity index (χ0v) is 23.5. The highest BCUT2D eigenvalue weighted by molar-refractivity contribution is 5.79. The quantitative estimate of drug-likeness (QED) is 0.287. The number of aromatic nitrogens is 1. The van der Waals surface area contributed by atoms with E-state index in [1.165, 1.54) is 4.90 Å². The number of nitrogens with zero attached hydrogens (tertiary/aromatic N) is 2. The fourth-order valence-corrected chi connectivity index (χ4v) is 6.07. The van der Waals surface area contributed by atoms with Crippen molar-refractivity contribution in [1.29, 1.82) is 0 Å². The predicted molar refractivity (Wildman–Crippen MR) is 146 cm³/mol. The van der Waals surface area contributed by atoms with Crippen molar-refractivity contribution in [2.24, 2.45) is 11.8 Å². The Morgan fingerprint density at radius 2 is 1.84 bits per heavy atom. The number of amides is 3. The van der Waals surface area contributed by atoms with Gasteiger partial charge in [-0.25, -0.2) is 23.4 Å². The SMILES string of the molecule is O=C(N[C@H](c1nc2cc([C@H](C3COC3)N3C[C@@H](C(F)(F)F)NC3=O)ccc2o1)C1CCC(F)(F)CC1)OCc1ccccc1. The van der Waals surface area contributed by atoms with Crippen LogP contribution >= 0.6 is 0 Å². The molecular formula is C30H31F5N4O5. The van der Waals surface area contributed by atoms with Gasteiger partial charge in [0.2, 0.25) is 11.8 Å². The Morgan fingerprint density at radius 1 is 1.11 bits per heavy atom. The molecule has 3 aromatic rings. The fourth-order valence-electron chi connectivity index (χ4n) is 6.07. The maximum absolute atomic E-state index is 14.0. The van der Waals surface area contributed by atoms with E-state index in [9.17, 15) is 31.5 Å². The molecule has 44 heavy (non-hydrogen) atoms. The van der Waals surface area contributed by atoms with E-state index in [2.05, 4.69) is 10.3 Å². The van der Waals surface area contributed by atoms with Crippen molar-refractivity contribution in [3.63, 3.8) is 0 Å². The van der Waals surface area contributed by atoms with Gasteiger partial charge in [0.05, 0.1) is 25.8 Å². The van der Waals surface area contributed by atoms with Crippen LogP contribution < -0.4 is 10.6 Å². The summed E-state index contributed by atoms with van der Waals surface area (Å²) in [7, 11) is 0. The van der Waals surface area contributed by atoms with E-state index in [0.29, 0.717) is 16.7 Å². The molecule has 0 bridgehead atoms. The number of carbonyl (C=O) groups excluding carboxylic acids is 2. The van der Waals surface area contributed by atoms with Crippen LogP contribution in [0.25, 0.3) is 11.1 Å². The first-order valence-corrected chi connectivity index (χ1v) is 14.4. The maximum Gasteiger partial charge on any atom is 0.410 e. The number of nitrogens with one attached hydrogen (secondary N) is 2. The number of urea groups is 1. The molecule has 2 N–H and O–H groups in total. The minimum Gasteiger partial charge on any atom is -0.445 e. The molecule has 3 fully saturated rings. The van der Waals surface area contributed by atoms with Gasteiger partial charge in [-0.05, 0) is 42.0 Å². The molecule has 0 spiro atoms. The van der Waals surface area contributed by atoms with Crippen LogP contribution in [0.4, 0.5) is 31.5 Å². The first-order valence-electron chi connectivity index (χ1n) is 14.4. The zero-order valence-electron chi connectivity index (χ0n) is 23.5. The van der Waals surface area contributed by atoms with E-state index in [1.54, 1.807) is 30.3 Å². The Balaban J connectivity index is 1.26. The lowest BCUT2D eigenvalue weighted by atomic mass is 9.82. The smallest absolute Gasteiger partial charge is 0.410 e. The summed E-state index contributed by atoms with van der Waals surface area (Å²) in [6.45, 7) is 0.00681. The number of halogens is 5. The average Bonchev–Trinajstić information content (AvgIpc) is 3.56. The van der Waals surface area contributed by atoms with Gasteiger partial charge in [-0.2, -0.15) is 13.2 Å². The second-order valence-electron chi connectivity index (χ2n) is 11.6. The number of hydrogen-bond acceptors (Lipinski definition) is 6. The third kappa shape index (κ3) is 6.44. The van der Waals surface area contributed by atoms with Crippen molar-refractivity contribution in [2.75, 3.05) is 19.8 Å². The summed E-state index contributed by atoms with van der Waals surface area (Å²) in [6, 6.07) is 9.56. The third-order valence-electron chi connectivity index (χ3n) is 8.53.